The molecule has 0 radical (unpaired) electrons. The van der Waals surface area contributed by atoms with Crippen molar-refractivity contribution in [2.24, 2.45) is 0 Å². The van der Waals surface area contributed by atoms with Gasteiger partial charge in [0, 0.05) is 6.04 Å². The van der Waals surface area contributed by atoms with Crippen LogP contribution in [-0.4, -0.2) is 85.0 Å². The predicted molar refractivity (Wildman–Crippen MR) is 94.3 cm³/mol. The first-order chi connectivity index (χ1) is 13.0. The number of fused-ring (bicyclic) bond motifs is 1. The van der Waals surface area contributed by atoms with Gasteiger partial charge in [-0.1, -0.05) is 0 Å². The van der Waals surface area contributed by atoms with Gasteiger partial charge in [0.2, 0.25) is 0 Å². The summed E-state index contributed by atoms with van der Waals surface area (Å²) in [5.74, 6) is -0.236. The Morgan fingerprint density at radius 2 is 2.00 bits per heavy atom. The topological polar surface area (TPSA) is 152 Å². The Hall–Kier alpha value is -2.34. The first-order valence-electron chi connectivity index (χ1n) is 8.89. The monoisotopic (exact) mass is 377 g/mol. The summed E-state index contributed by atoms with van der Waals surface area (Å²) in [6.07, 6.45) is -0.525. The maximum Gasteiger partial charge on any atom is 0.252 e. The van der Waals surface area contributed by atoms with Gasteiger partial charge in [0.05, 0.1) is 6.33 Å². The molecular weight excluding hydrogens is 354 g/mol. The van der Waals surface area contributed by atoms with Crippen LogP contribution in [0, 0.1) is 0 Å². The van der Waals surface area contributed by atoms with Gasteiger partial charge in [-0.25, -0.2) is 15.0 Å². The second kappa shape index (κ2) is 7.00. The molecule has 0 aliphatic carbocycles. The minimum atomic E-state index is -1.36. The van der Waals surface area contributed by atoms with Crippen molar-refractivity contribution in [3.63, 3.8) is 0 Å². The van der Waals surface area contributed by atoms with Crippen LogP contribution in [-0.2, 0) is 9.53 Å². The third kappa shape index (κ3) is 3.23. The Morgan fingerprint density at radius 1 is 1.26 bits per heavy atom. The summed E-state index contributed by atoms with van der Waals surface area (Å²) in [7, 11) is 2.04. The molecule has 5 N–H and O–H groups in total. The molecule has 4 rings (SSSR count). The fourth-order valence-corrected chi connectivity index (χ4v) is 3.60. The lowest BCUT2D eigenvalue weighted by Crippen LogP contribution is -2.49. The van der Waals surface area contributed by atoms with E-state index in [1.807, 2.05) is 7.05 Å². The number of hydrogen-bond donors (Lipinski definition) is 4. The number of amides is 1. The van der Waals surface area contributed by atoms with E-state index in [9.17, 15) is 15.0 Å². The molecule has 27 heavy (non-hydrogen) atoms. The van der Waals surface area contributed by atoms with E-state index >= 15 is 0 Å². The van der Waals surface area contributed by atoms with Crippen LogP contribution in [0.2, 0.25) is 0 Å². The molecule has 2 aromatic heterocycles. The molecule has 2 aliphatic heterocycles. The molecule has 0 aromatic carbocycles. The predicted octanol–water partition coefficient (Wildman–Crippen LogP) is -1.76. The van der Waals surface area contributed by atoms with Gasteiger partial charge in [-0.2, -0.15) is 0 Å². The summed E-state index contributed by atoms with van der Waals surface area (Å²) in [5, 5.41) is 23.7. The van der Waals surface area contributed by atoms with Gasteiger partial charge in [0.25, 0.3) is 5.91 Å². The summed E-state index contributed by atoms with van der Waals surface area (Å²) >= 11 is 0. The molecule has 11 heteroatoms. The van der Waals surface area contributed by atoms with Gasteiger partial charge in [0.15, 0.2) is 23.8 Å². The third-order valence-corrected chi connectivity index (χ3v) is 5.22. The molecule has 4 heterocycles. The minimum absolute atomic E-state index is 0.0299. The van der Waals surface area contributed by atoms with Gasteiger partial charge >= 0.3 is 0 Å². The lowest BCUT2D eigenvalue weighted by molar-refractivity contribution is -0.138. The number of piperidine rings is 1. The van der Waals surface area contributed by atoms with Crippen LogP contribution < -0.4 is 11.1 Å². The van der Waals surface area contributed by atoms with Crippen molar-refractivity contribution >= 4 is 22.9 Å². The highest BCUT2D eigenvalue weighted by molar-refractivity contribution is 5.83. The first kappa shape index (κ1) is 18.0. The Bertz CT molecular complexity index is 835. The standard InChI is InChI=1S/C16H23N7O4/c1-22-4-2-8(3-5-22)21-15(26)12-10(24)11(25)16(27-12)23-7-20-9-13(17)18-6-19-14(9)23/h6-8,10-12,16,24-25H,2-5H2,1H3,(H,21,26)(H2,17,18,19)/t10-,11+,12-,16+/m0/s1. The summed E-state index contributed by atoms with van der Waals surface area (Å²) in [6, 6.07) is 0.0299. The van der Waals surface area contributed by atoms with Crippen LogP contribution >= 0.6 is 0 Å². The molecule has 1 amide bonds. The number of hydrogen-bond acceptors (Lipinski definition) is 9. The molecule has 146 valence electrons. The molecule has 2 aromatic rings. The molecule has 11 nitrogen and oxygen atoms in total. The summed E-state index contributed by atoms with van der Waals surface area (Å²) in [4.78, 5) is 26.9. The largest absolute Gasteiger partial charge is 0.387 e. The van der Waals surface area contributed by atoms with Crippen LogP contribution in [0.1, 0.15) is 19.1 Å². The zero-order valence-electron chi connectivity index (χ0n) is 14.9. The molecular formula is C16H23N7O4. The fourth-order valence-electron chi connectivity index (χ4n) is 3.60. The number of carbonyl (C=O) groups excluding carboxylic acids is 1. The first-order valence-corrected chi connectivity index (χ1v) is 8.89. The third-order valence-electron chi connectivity index (χ3n) is 5.22. The Kier molecular flexibility index (Phi) is 4.68. The van der Waals surface area contributed by atoms with Gasteiger partial charge in [-0.3, -0.25) is 9.36 Å². The number of nitrogens with one attached hydrogen (secondary N) is 1. The van der Waals surface area contributed by atoms with E-state index < -0.39 is 30.4 Å². The highest BCUT2D eigenvalue weighted by Gasteiger charge is 2.48. The van der Waals surface area contributed by atoms with E-state index in [0.29, 0.717) is 11.2 Å². The fraction of sp³-hybridized carbons (Fsp3) is 0.625. The average Bonchev–Trinajstić information content (AvgIpc) is 3.20. The lowest BCUT2D eigenvalue weighted by Gasteiger charge is -2.30. The summed E-state index contributed by atoms with van der Waals surface area (Å²) < 4.78 is 7.15. The highest BCUT2D eigenvalue weighted by atomic mass is 16.6. The molecule has 2 saturated heterocycles. The number of carbonyl (C=O) groups is 1. The molecule has 0 bridgehead atoms. The number of rotatable bonds is 3. The number of nitrogens with two attached hydrogens (primary N) is 1. The van der Waals surface area contributed by atoms with E-state index in [1.165, 1.54) is 17.2 Å². The normalized spacial score (nSPS) is 30.0. The van der Waals surface area contributed by atoms with Crippen molar-refractivity contribution in [2.45, 2.75) is 43.4 Å². The molecule has 2 fully saturated rings. The second-order valence-corrected chi connectivity index (χ2v) is 7.10. The van der Waals surface area contributed by atoms with Crippen LogP contribution in [0.5, 0.6) is 0 Å². The van der Waals surface area contributed by atoms with E-state index in [4.69, 9.17) is 10.5 Å². The van der Waals surface area contributed by atoms with Crippen LogP contribution in [0.3, 0.4) is 0 Å². The number of aliphatic hydroxyl groups is 2. The van der Waals surface area contributed by atoms with Crippen LogP contribution in [0.4, 0.5) is 5.82 Å². The zero-order valence-corrected chi connectivity index (χ0v) is 14.9. The Morgan fingerprint density at radius 3 is 2.74 bits per heavy atom. The van der Waals surface area contributed by atoms with E-state index in [-0.39, 0.29) is 11.9 Å². The molecule has 4 atom stereocenters. The van der Waals surface area contributed by atoms with Gasteiger partial charge in [0.1, 0.15) is 24.1 Å². The molecule has 0 unspecified atom stereocenters. The average molecular weight is 377 g/mol. The van der Waals surface area contributed by atoms with E-state index in [0.717, 1.165) is 25.9 Å². The van der Waals surface area contributed by atoms with Crippen LogP contribution in [0.25, 0.3) is 11.2 Å². The van der Waals surface area contributed by atoms with Crippen molar-refractivity contribution < 1.29 is 19.7 Å². The number of ether oxygens (including phenoxy) is 1. The minimum Gasteiger partial charge on any atom is -0.387 e. The van der Waals surface area contributed by atoms with Crippen molar-refractivity contribution in [1.82, 2.24) is 29.7 Å². The quantitative estimate of drug-likeness (QED) is 0.487. The second-order valence-electron chi connectivity index (χ2n) is 7.10. The number of aromatic nitrogens is 4. The van der Waals surface area contributed by atoms with E-state index in [2.05, 4.69) is 25.2 Å². The number of nitrogens with zero attached hydrogens (tertiary/aromatic N) is 5. The number of aliphatic hydroxyl groups excluding tert-OH is 2. The van der Waals surface area contributed by atoms with E-state index in [1.54, 1.807) is 0 Å². The Balaban J connectivity index is 1.50. The summed E-state index contributed by atoms with van der Waals surface area (Å²) in [6.45, 7) is 1.79. The number of likely N-dealkylation sites (tertiary alicyclic amines) is 1. The molecule has 0 saturated carbocycles. The molecule has 2 aliphatic rings. The maximum atomic E-state index is 12.6. The lowest BCUT2D eigenvalue weighted by atomic mass is 10.0. The summed E-state index contributed by atoms with van der Waals surface area (Å²) in [5.41, 5.74) is 6.49. The maximum absolute atomic E-state index is 12.6. The zero-order chi connectivity index (χ0) is 19.1. The van der Waals surface area contributed by atoms with Crippen molar-refractivity contribution in [1.29, 1.82) is 0 Å². The SMILES string of the molecule is CN1CCC(NC(=O)[C@H]2O[C@@H](n3cnc4c(N)ncnc43)[C@H](O)[C@@H]2O)CC1. The smallest absolute Gasteiger partial charge is 0.252 e. The molecule has 0 spiro atoms. The highest BCUT2D eigenvalue weighted by Crippen LogP contribution is 2.32. The van der Waals surface area contributed by atoms with Gasteiger partial charge < -0.3 is 30.9 Å². The van der Waals surface area contributed by atoms with Crippen molar-refractivity contribution in [3.05, 3.63) is 12.7 Å². The van der Waals surface area contributed by atoms with Crippen molar-refractivity contribution in [3.8, 4) is 0 Å². The van der Waals surface area contributed by atoms with Gasteiger partial charge in [-0.15, -0.1) is 0 Å². The Labute approximate surface area is 155 Å². The number of imidazole rings is 1. The number of nitrogen functional groups attached to an aromatic ring is 1. The van der Waals surface area contributed by atoms with Crippen molar-refractivity contribution in [2.75, 3.05) is 25.9 Å². The number of anilines is 1. The van der Waals surface area contributed by atoms with Crippen LogP contribution in [0.15, 0.2) is 12.7 Å². The van der Waals surface area contributed by atoms with Gasteiger partial charge in [-0.05, 0) is 33.0 Å².